The molecule has 0 atom stereocenters. The molecule has 0 radical (unpaired) electrons. The van der Waals surface area contributed by atoms with Gasteiger partial charge in [-0.25, -0.2) is 9.18 Å². The smallest absolute Gasteiger partial charge is 0.352 e. The molecule has 0 amide bonds. The van der Waals surface area contributed by atoms with Crippen molar-refractivity contribution in [3.05, 3.63) is 68.3 Å². The minimum absolute atomic E-state index is 0.0577. The second-order valence-corrected chi connectivity index (χ2v) is 4.73. The maximum atomic E-state index is 13.0. The molecule has 1 heterocycles. The normalized spacial score (nSPS) is 10.4. The first-order valence-electron chi connectivity index (χ1n) is 5.36. The molecule has 1 aromatic carbocycles. The molecule has 2 rings (SSSR count). The van der Waals surface area contributed by atoms with Crippen LogP contribution in [0.4, 0.5) is 4.39 Å². The lowest BCUT2D eigenvalue weighted by atomic mass is 10.2. The van der Waals surface area contributed by atoms with Crippen LogP contribution in [0.1, 0.15) is 16.1 Å². The zero-order chi connectivity index (χ0) is 14.0. The average molecular weight is 326 g/mol. The zero-order valence-corrected chi connectivity index (χ0v) is 11.2. The standard InChI is InChI=1S/C13H9BrFNO3/c14-10-6-9(15)5-4-8(10)7-16-11(13(18)19)2-1-3-12(16)17/h1-6H,7H2,(H,18,19). The van der Waals surface area contributed by atoms with E-state index in [2.05, 4.69) is 15.9 Å². The Balaban J connectivity index is 2.49. The average Bonchev–Trinajstić information content (AvgIpc) is 2.34. The van der Waals surface area contributed by atoms with Gasteiger partial charge in [-0.3, -0.25) is 9.36 Å². The number of pyridine rings is 1. The Morgan fingerprint density at radius 1 is 1.32 bits per heavy atom. The van der Waals surface area contributed by atoms with Crippen molar-refractivity contribution in [3.63, 3.8) is 0 Å². The van der Waals surface area contributed by atoms with Gasteiger partial charge in [-0.2, -0.15) is 0 Å². The van der Waals surface area contributed by atoms with Gasteiger partial charge in [0.25, 0.3) is 5.56 Å². The maximum absolute atomic E-state index is 13.0. The van der Waals surface area contributed by atoms with E-state index in [9.17, 15) is 14.0 Å². The molecule has 0 unspecified atom stereocenters. The Hall–Kier alpha value is -1.95. The molecule has 0 spiro atoms. The number of carboxylic acid groups (broad SMARTS) is 1. The minimum atomic E-state index is -1.18. The van der Waals surface area contributed by atoms with Gasteiger partial charge in [0.2, 0.25) is 0 Å². The number of carbonyl (C=O) groups is 1. The van der Waals surface area contributed by atoms with Crippen molar-refractivity contribution in [2.24, 2.45) is 0 Å². The predicted octanol–water partition coefficient (Wildman–Crippen LogP) is 2.50. The fraction of sp³-hybridized carbons (Fsp3) is 0.0769. The van der Waals surface area contributed by atoms with Crippen LogP contribution in [0.2, 0.25) is 0 Å². The number of hydrogen-bond donors (Lipinski definition) is 1. The van der Waals surface area contributed by atoms with Gasteiger partial charge in [0.05, 0.1) is 6.54 Å². The molecule has 0 saturated heterocycles. The van der Waals surface area contributed by atoms with E-state index in [0.29, 0.717) is 10.0 Å². The fourth-order valence-electron chi connectivity index (χ4n) is 1.69. The second kappa shape index (κ2) is 5.36. The molecule has 0 saturated carbocycles. The van der Waals surface area contributed by atoms with Crippen molar-refractivity contribution in [2.45, 2.75) is 6.54 Å². The van der Waals surface area contributed by atoms with E-state index < -0.39 is 17.3 Å². The number of nitrogens with zero attached hydrogens (tertiary/aromatic N) is 1. The summed E-state index contributed by atoms with van der Waals surface area (Å²) in [4.78, 5) is 22.8. The van der Waals surface area contributed by atoms with Crippen LogP contribution in [0, 0.1) is 5.82 Å². The molecule has 0 aliphatic rings. The van der Waals surface area contributed by atoms with Gasteiger partial charge in [0, 0.05) is 10.5 Å². The van der Waals surface area contributed by atoms with Crippen molar-refractivity contribution in [1.82, 2.24) is 4.57 Å². The van der Waals surface area contributed by atoms with E-state index in [1.807, 2.05) is 0 Å². The summed E-state index contributed by atoms with van der Waals surface area (Å²) in [5.41, 5.74) is 0.0945. The van der Waals surface area contributed by atoms with E-state index in [1.165, 1.54) is 36.4 Å². The van der Waals surface area contributed by atoms with Crippen LogP contribution in [0.25, 0.3) is 0 Å². The second-order valence-electron chi connectivity index (χ2n) is 3.88. The third-order valence-electron chi connectivity index (χ3n) is 2.61. The molecule has 98 valence electrons. The number of rotatable bonds is 3. The van der Waals surface area contributed by atoms with Crippen LogP contribution in [0.5, 0.6) is 0 Å². The summed E-state index contributed by atoms with van der Waals surface area (Å²) in [5.74, 6) is -1.59. The van der Waals surface area contributed by atoms with Crippen molar-refractivity contribution >= 4 is 21.9 Å². The van der Waals surface area contributed by atoms with Crippen molar-refractivity contribution < 1.29 is 14.3 Å². The Kier molecular flexibility index (Phi) is 3.80. The Bertz CT molecular complexity index is 697. The summed E-state index contributed by atoms with van der Waals surface area (Å²) >= 11 is 3.19. The number of carboxylic acids is 1. The predicted molar refractivity (Wildman–Crippen MR) is 70.9 cm³/mol. The topological polar surface area (TPSA) is 59.3 Å². The van der Waals surface area contributed by atoms with Crippen LogP contribution in [-0.2, 0) is 6.54 Å². The highest BCUT2D eigenvalue weighted by atomic mass is 79.9. The van der Waals surface area contributed by atoms with Gasteiger partial charge in [-0.05, 0) is 23.8 Å². The first-order chi connectivity index (χ1) is 8.99. The van der Waals surface area contributed by atoms with Gasteiger partial charge in [0.1, 0.15) is 11.5 Å². The molecule has 4 nitrogen and oxygen atoms in total. The number of halogens is 2. The Morgan fingerprint density at radius 2 is 2.05 bits per heavy atom. The van der Waals surface area contributed by atoms with Crippen LogP contribution in [-0.4, -0.2) is 15.6 Å². The summed E-state index contributed by atoms with van der Waals surface area (Å²) in [7, 11) is 0. The number of aromatic nitrogens is 1. The molecule has 1 aromatic heterocycles. The van der Waals surface area contributed by atoms with Gasteiger partial charge in [-0.1, -0.05) is 28.1 Å². The molecule has 1 N–H and O–H groups in total. The third kappa shape index (κ3) is 2.90. The molecular formula is C13H9BrFNO3. The monoisotopic (exact) mass is 325 g/mol. The molecular weight excluding hydrogens is 317 g/mol. The van der Waals surface area contributed by atoms with Gasteiger partial charge < -0.3 is 5.11 Å². The molecule has 19 heavy (non-hydrogen) atoms. The first-order valence-corrected chi connectivity index (χ1v) is 6.15. The highest BCUT2D eigenvalue weighted by molar-refractivity contribution is 9.10. The van der Waals surface area contributed by atoms with Crippen molar-refractivity contribution in [3.8, 4) is 0 Å². The lowest BCUT2D eigenvalue weighted by Crippen LogP contribution is -2.25. The van der Waals surface area contributed by atoms with E-state index >= 15 is 0 Å². The highest BCUT2D eigenvalue weighted by Crippen LogP contribution is 2.19. The summed E-state index contributed by atoms with van der Waals surface area (Å²) in [6, 6.07) is 8.05. The quantitative estimate of drug-likeness (QED) is 0.943. The number of benzene rings is 1. The van der Waals surface area contributed by atoms with Crippen LogP contribution in [0.15, 0.2) is 45.7 Å². The Morgan fingerprint density at radius 3 is 2.68 bits per heavy atom. The fourth-order valence-corrected chi connectivity index (χ4v) is 2.17. The molecule has 0 fully saturated rings. The number of aromatic carboxylic acids is 1. The van der Waals surface area contributed by atoms with Gasteiger partial charge in [-0.15, -0.1) is 0 Å². The summed E-state index contributed by atoms with van der Waals surface area (Å²) in [5, 5.41) is 9.05. The van der Waals surface area contributed by atoms with Crippen LogP contribution < -0.4 is 5.56 Å². The van der Waals surface area contributed by atoms with Crippen LogP contribution in [0.3, 0.4) is 0 Å². The molecule has 0 aliphatic heterocycles. The summed E-state index contributed by atoms with van der Waals surface area (Å²) < 4.78 is 14.6. The van der Waals surface area contributed by atoms with E-state index in [-0.39, 0.29) is 12.2 Å². The van der Waals surface area contributed by atoms with Gasteiger partial charge >= 0.3 is 5.97 Å². The third-order valence-corrected chi connectivity index (χ3v) is 3.35. The molecule has 2 aromatic rings. The first kappa shape index (κ1) is 13.5. The molecule has 6 heteroatoms. The largest absolute Gasteiger partial charge is 0.477 e. The molecule has 0 aliphatic carbocycles. The van der Waals surface area contributed by atoms with Gasteiger partial charge in [0.15, 0.2) is 0 Å². The highest BCUT2D eigenvalue weighted by Gasteiger charge is 2.12. The lowest BCUT2D eigenvalue weighted by Gasteiger charge is -2.10. The zero-order valence-electron chi connectivity index (χ0n) is 9.64. The van der Waals surface area contributed by atoms with E-state index in [0.717, 1.165) is 4.57 Å². The maximum Gasteiger partial charge on any atom is 0.352 e. The summed E-state index contributed by atoms with van der Waals surface area (Å²) in [6.07, 6.45) is 0. The van der Waals surface area contributed by atoms with E-state index in [1.54, 1.807) is 0 Å². The lowest BCUT2D eigenvalue weighted by molar-refractivity contribution is 0.0684. The van der Waals surface area contributed by atoms with Crippen molar-refractivity contribution in [2.75, 3.05) is 0 Å². The molecule has 0 bridgehead atoms. The van der Waals surface area contributed by atoms with Crippen LogP contribution >= 0.6 is 15.9 Å². The Labute approximate surface area is 116 Å². The summed E-state index contributed by atoms with van der Waals surface area (Å²) in [6.45, 7) is 0.0577. The SMILES string of the molecule is O=C(O)c1cccc(=O)n1Cc1ccc(F)cc1Br. The van der Waals surface area contributed by atoms with E-state index in [4.69, 9.17) is 5.11 Å². The minimum Gasteiger partial charge on any atom is -0.477 e. The van der Waals surface area contributed by atoms with Crippen molar-refractivity contribution in [1.29, 1.82) is 0 Å². The number of hydrogen-bond acceptors (Lipinski definition) is 2.